The quantitative estimate of drug-likeness (QED) is 0.494. The van der Waals surface area contributed by atoms with Crippen molar-refractivity contribution in [1.82, 2.24) is 0 Å². The van der Waals surface area contributed by atoms with Crippen molar-refractivity contribution in [3.8, 4) is 0 Å². The molecule has 60 valence electrons. The maximum atomic E-state index is 10.6. The summed E-state index contributed by atoms with van der Waals surface area (Å²) in [7, 11) is -3.78. The Morgan fingerprint density at radius 1 is 1.70 bits per heavy atom. The molecule has 0 aromatic heterocycles. The molecule has 0 saturated carbocycles. The van der Waals surface area contributed by atoms with Crippen LogP contribution in [0.1, 0.15) is 6.92 Å². The molecular formula is C5H11O4P. The molecule has 0 saturated heterocycles. The molecule has 0 bridgehead atoms. The third-order valence-electron chi connectivity index (χ3n) is 0.648. The topological polar surface area (TPSA) is 55.8 Å². The zero-order valence-electron chi connectivity index (χ0n) is 5.82. The first-order chi connectivity index (χ1) is 4.62. The summed E-state index contributed by atoms with van der Waals surface area (Å²) < 4.78 is 19.4. The highest BCUT2D eigenvalue weighted by Gasteiger charge is 2.17. The van der Waals surface area contributed by atoms with Gasteiger partial charge >= 0.3 is 7.82 Å². The van der Waals surface area contributed by atoms with Gasteiger partial charge in [-0.2, -0.15) is 0 Å². The molecule has 1 N–H and O–H groups in total. The van der Waals surface area contributed by atoms with Crippen molar-refractivity contribution in [2.45, 2.75) is 6.92 Å². The van der Waals surface area contributed by atoms with Gasteiger partial charge in [0.1, 0.15) is 0 Å². The van der Waals surface area contributed by atoms with Gasteiger partial charge in [0.2, 0.25) is 0 Å². The van der Waals surface area contributed by atoms with Crippen molar-refractivity contribution in [2.75, 3.05) is 13.2 Å². The van der Waals surface area contributed by atoms with Crippen LogP contribution in [0.15, 0.2) is 12.7 Å². The van der Waals surface area contributed by atoms with Gasteiger partial charge in [0, 0.05) is 0 Å². The molecule has 0 amide bonds. The zero-order chi connectivity index (χ0) is 8.04. The van der Waals surface area contributed by atoms with Crippen LogP contribution in [0.2, 0.25) is 0 Å². The summed E-state index contributed by atoms with van der Waals surface area (Å²) in [4.78, 5) is 8.71. The van der Waals surface area contributed by atoms with Crippen LogP contribution in [0.4, 0.5) is 0 Å². The molecule has 1 atom stereocenters. The standard InChI is InChI=1S/C5H11O4P/c1-3-5-9-10(6,7)8-4-2/h3H,1,4-5H2,2H3,(H,6,7). The molecule has 5 heteroatoms. The number of hydrogen-bond acceptors (Lipinski definition) is 3. The van der Waals surface area contributed by atoms with Crippen LogP contribution in [0.25, 0.3) is 0 Å². The van der Waals surface area contributed by atoms with E-state index in [-0.39, 0.29) is 13.2 Å². The minimum Gasteiger partial charge on any atom is -0.302 e. The second kappa shape index (κ2) is 4.63. The maximum Gasteiger partial charge on any atom is 0.472 e. The first-order valence-corrected chi connectivity index (χ1v) is 4.34. The van der Waals surface area contributed by atoms with Crippen LogP contribution in [-0.4, -0.2) is 18.1 Å². The van der Waals surface area contributed by atoms with Crippen LogP contribution >= 0.6 is 7.82 Å². The van der Waals surface area contributed by atoms with Gasteiger partial charge in [-0.3, -0.25) is 9.05 Å². The molecule has 0 aromatic carbocycles. The van der Waals surface area contributed by atoms with Gasteiger partial charge < -0.3 is 4.89 Å². The SMILES string of the molecule is C=CCOP(=O)(O)OCC. The fraction of sp³-hybridized carbons (Fsp3) is 0.600. The van der Waals surface area contributed by atoms with Crippen LogP contribution in [0.3, 0.4) is 0 Å². The van der Waals surface area contributed by atoms with E-state index in [4.69, 9.17) is 4.89 Å². The Morgan fingerprint density at radius 2 is 2.30 bits per heavy atom. The fourth-order valence-electron chi connectivity index (χ4n) is 0.347. The Kier molecular flexibility index (Phi) is 4.56. The fourth-order valence-corrected chi connectivity index (χ4v) is 1.04. The average molecular weight is 166 g/mol. The Balaban J connectivity index is 3.63. The van der Waals surface area contributed by atoms with Gasteiger partial charge in [0.25, 0.3) is 0 Å². The third kappa shape index (κ3) is 4.70. The highest BCUT2D eigenvalue weighted by molar-refractivity contribution is 7.47. The summed E-state index contributed by atoms with van der Waals surface area (Å²) >= 11 is 0. The van der Waals surface area contributed by atoms with E-state index in [0.717, 1.165) is 0 Å². The molecule has 0 fully saturated rings. The van der Waals surface area contributed by atoms with E-state index in [1.165, 1.54) is 6.08 Å². The molecule has 0 rings (SSSR count). The van der Waals surface area contributed by atoms with Gasteiger partial charge in [-0.1, -0.05) is 6.08 Å². The Labute approximate surface area is 60.1 Å². The predicted molar refractivity (Wildman–Crippen MR) is 37.6 cm³/mol. The van der Waals surface area contributed by atoms with Crippen molar-refractivity contribution in [1.29, 1.82) is 0 Å². The monoisotopic (exact) mass is 166 g/mol. The van der Waals surface area contributed by atoms with Crippen molar-refractivity contribution < 1.29 is 18.5 Å². The van der Waals surface area contributed by atoms with Gasteiger partial charge in [-0.25, -0.2) is 4.57 Å². The van der Waals surface area contributed by atoms with E-state index < -0.39 is 7.82 Å². The van der Waals surface area contributed by atoms with Crippen molar-refractivity contribution in [3.05, 3.63) is 12.7 Å². The van der Waals surface area contributed by atoms with Crippen LogP contribution < -0.4 is 0 Å². The van der Waals surface area contributed by atoms with Gasteiger partial charge in [0.05, 0.1) is 13.2 Å². The molecule has 0 radical (unpaired) electrons. The molecule has 4 nitrogen and oxygen atoms in total. The van der Waals surface area contributed by atoms with Gasteiger partial charge in [-0.15, -0.1) is 6.58 Å². The van der Waals surface area contributed by atoms with E-state index in [1.54, 1.807) is 6.92 Å². The summed E-state index contributed by atoms with van der Waals surface area (Å²) in [6, 6.07) is 0. The molecule has 0 aliphatic rings. The van der Waals surface area contributed by atoms with Crippen LogP contribution in [0.5, 0.6) is 0 Å². The molecule has 10 heavy (non-hydrogen) atoms. The molecule has 0 spiro atoms. The minimum atomic E-state index is -3.78. The lowest BCUT2D eigenvalue weighted by Crippen LogP contribution is -1.93. The smallest absolute Gasteiger partial charge is 0.302 e. The normalized spacial score (nSPS) is 16.2. The van der Waals surface area contributed by atoms with Gasteiger partial charge in [0.15, 0.2) is 0 Å². The summed E-state index contributed by atoms with van der Waals surface area (Å²) in [5.74, 6) is 0. The number of phosphoric acid groups is 1. The van der Waals surface area contributed by atoms with Crippen molar-refractivity contribution in [2.24, 2.45) is 0 Å². The van der Waals surface area contributed by atoms with Gasteiger partial charge in [-0.05, 0) is 6.92 Å². The molecule has 0 aliphatic heterocycles. The molecule has 0 aromatic rings. The second-order valence-corrected chi connectivity index (χ2v) is 2.92. The van der Waals surface area contributed by atoms with E-state index in [1.807, 2.05) is 0 Å². The zero-order valence-corrected chi connectivity index (χ0v) is 6.71. The highest BCUT2D eigenvalue weighted by Crippen LogP contribution is 2.42. The molecule has 0 aliphatic carbocycles. The predicted octanol–water partition coefficient (Wildman–Crippen LogP) is 1.33. The first kappa shape index (κ1) is 9.85. The minimum absolute atomic E-state index is 0.0216. The lowest BCUT2D eigenvalue weighted by molar-refractivity contribution is 0.167. The summed E-state index contributed by atoms with van der Waals surface area (Å²) in [5.41, 5.74) is 0. The summed E-state index contributed by atoms with van der Waals surface area (Å²) in [5, 5.41) is 0. The first-order valence-electron chi connectivity index (χ1n) is 2.85. The number of hydrogen-bond donors (Lipinski definition) is 1. The lowest BCUT2D eigenvalue weighted by atomic mass is 10.7. The largest absolute Gasteiger partial charge is 0.472 e. The molecular weight excluding hydrogens is 155 g/mol. The number of phosphoric ester groups is 1. The van der Waals surface area contributed by atoms with E-state index in [9.17, 15) is 4.57 Å². The van der Waals surface area contributed by atoms with Crippen molar-refractivity contribution in [3.63, 3.8) is 0 Å². The Morgan fingerprint density at radius 3 is 2.70 bits per heavy atom. The molecule has 0 heterocycles. The lowest BCUT2D eigenvalue weighted by Gasteiger charge is -2.07. The van der Waals surface area contributed by atoms with Crippen molar-refractivity contribution >= 4 is 7.82 Å². The highest BCUT2D eigenvalue weighted by atomic mass is 31.2. The van der Waals surface area contributed by atoms with Crippen LogP contribution in [0, 0.1) is 0 Å². The van der Waals surface area contributed by atoms with E-state index in [0.29, 0.717) is 0 Å². The average Bonchev–Trinajstić information content (AvgIpc) is 1.84. The summed E-state index contributed by atoms with van der Waals surface area (Å²) in [6.45, 7) is 5.10. The molecule has 1 unspecified atom stereocenters. The van der Waals surface area contributed by atoms with E-state index >= 15 is 0 Å². The maximum absolute atomic E-state index is 10.6. The Hall–Kier alpha value is -0.150. The second-order valence-electron chi connectivity index (χ2n) is 1.47. The van der Waals surface area contributed by atoms with Crippen LogP contribution in [-0.2, 0) is 13.6 Å². The third-order valence-corrected chi connectivity index (χ3v) is 1.71. The number of rotatable bonds is 5. The summed E-state index contributed by atoms with van der Waals surface area (Å²) in [6.07, 6.45) is 1.38. The Bertz CT molecular complexity index is 145. The van der Waals surface area contributed by atoms with E-state index in [2.05, 4.69) is 15.6 Å².